The molecule has 0 saturated carbocycles. The molecule has 20 heavy (non-hydrogen) atoms. The van der Waals surface area contributed by atoms with Crippen molar-refractivity contribution in [1.29, 1.82) is 0 Å². The van der Waals surface area contributed by atoms with Gasteiger partial charge >= 0.3 is 0 Å². The first-order chi connectivity index (χ1) is 9.79. The van der Waals surface area contributed by atoms with Crippen LogP contribution in [0, 0.1) is 0 Å². The molecule has 0 heterocycles. The third-order valence-corrected chi connectivity index (χ3v) is 2.84. The van der Waals surface area contributed by atoms with Gasteiger partial charge in [-0.05, 0) is 42.3 Å². The number of carbonyl (C=O) groups is 1. The second-order valence-corrected chi connectivity index (χ2v) is 4.48. The summed E-state index contributed by atoms with van der Waals surface area (Å²) in [5.74, 6) is 0.798. The van der Waals surface area contributed by atoms with Crippen molar-refractivity contribution >= 4 is 11.9 Å². The number of rotatable bonds is 6. The SMILES string of the molecule is CCCOc1ccc(C(=O)/C=C/c2ccccc2)cc1. The van der Waals surface area contributed by atoms with Crippen LogP contribution in [0.2, 0.25) is 0 Å². The lowest BCUT2D eigenvalue weighted by Gasteiger charge is -2.04. The van der Waals surface area contributed by atoms with E-state index >= 15 is 0 Å². The Labute approximate surface area is 119 Å². The topological polar surface area (TPSA) is 26.3 Å². The van der Waals surface area contributed by atoms with E-state index in [0.29, 0.717) is 12.2 Å². The summed E-state index contributed by atoms with van der Waals surface area (Å²) in [7, 11) is 0. The van der Waals surface area contributed by atoms with Crippen molar-refractivity contribution < 1.29 is 9.53 Å². The van der Waals surface area contributed by atoms with Crippen LogP contribution < -0.4 is 4.74 Å². The molecule has 2 rings (SSSR count). The zero-order chi connectivity index (χ0) is 14.2. The Morgan fingerprint density at radius 2 is 1.75 bits per heavy atom. The summed E-state index contributed by atoms with van der Waals surface area (Å²) < 4.78 is 5.49. The largest absolute Gasteiger partial charge is 0.494 e. The summed E-state index contributed by atoms with van der Waals surface area (Å²) in [4.78, 5) is 12.0. The molecule has 0 N–H and O–H groups in total. The molecule has 2 aromatic rings. The van der Waals surface area contributed by atoms with Crippen molar-refractivity contribution in [2.45, 2.75) is 13.3 Å². The van der Waals surface area contributed by atoms with Crippen molar-refractivity contribution in [3.05, 3.63) is 71.8 Å². The minimum Gasteiger partial charge on any atom is -0.494 e. The predicted octanol–water partition coefficient (Wildman–Crippen LogP) is 4.37. The minimum atomic E-state index is -0.00380. The lowest BCUT2D eigenvalue weighted by atomic mass is 10.1. The molecule has 0 radical (unpaired) electrons. The standard InChI is InChI=1S/C18H18O2/c1-2-14-20-17-11-9-16(10-12-17)18(19)13-8-15-6-4-3-5-7-15/h3-13H,2,14H2,1H3/b13-8+. The van der Waals surface area contributed by atoms with Crippen LogP contribution in [0.15, 0.2) is 60.7 Å². The van der Waals surface area contributed by atoms with Gasteiger partial charge in [-0.1, -0.05) is 43.3 Å². The van der Waals surface area contributed by atoms with Crippen molar-refractivity contribution in [2.24, 2.45) is 0 Å². The fraction of sp³-hybridized carbons (Fsp3) is 0.167. The molecule has 102 valence electrons. The van der Waals surface area contributed by atoms with Crippen molar-refractivity contribution in [2.75, 3.05) is 6.61 Å². The molecule has 0 aliphatic carbocycles. The van der Waals surface area contributed by atoms with Crippen molar-refractivity contribution in [3.8, 4) is 5.75 Å². The lowest BCUT2D eigenvalue weighted by Crippen LogP contribution is -1.97. The highest BCUT2D eigenvalue weighted by atomic mass is 16.5. The summed E-state index contributed by atoms with van der Waals surface area (Å²) in [5.41, 5.74) is 1.68. The second kappa shape index (κ2) is 7.29. The van der Waals surface area contributed by atoms with Gasteiger partial charge in [0, 0.05) is 5.56 Å². The molecule has 0 aromatic heterocycles. The Balaban J connectivity index is 2.00. The van der Waals surface area contributed by atoms with E-state index in [-0.39, 0.29) is 5.78 Å². The molecule has 2 aromatic carbocycles. The van der Waals surface area contributed by atoms with Crippen LogP contribution in [0.4, 0.5) is 0 Å². The third-order valence-electron chi connectivity index (χ3n) is 2.84. The average Bonchev–Trinajstić information content (AvgIpc) is 2.52. The van der Waals surface area contributed by atoms with Gasteiger partial charge in [-0.15, -0.1) is 0 Å². The molecule has 0 spiro atoms. The maximum Gasteiger partial charge on any atom is 0.185 e. The first-order valence-corrected chi connectivity index (χ1v) is 6.80. The number of ether oxygens (including phenoxy) is 1. The van der Waals surface area contributed by atoms with E-state index < -0.39 is 0 Å². The van der Waals surface area contributed by atoms with Crippen LogP contribution in [-0.4, -0.2) is 12.4 Å². The highest BCUT2D eigenvalue weighted by molar-refractivity contribution is 6.06. The fourth-order valence-electron chi connectivity index (χ4n) is 1.77. The van der Waals surface area contributed by atoms with Gasteiger partial charge in [-0.3, -0.25) is 4.79 Å². The molecule has 0 bridgehead atoms. The Bertz CT molecular complexity index is 568. The Morgan fingerprint density at radius 1 is 1.05 bits per heavy atom. The van der Waals surface area contributed by atoms with Gasteiger partial charge in [0.25, 0.3) is 0 Å². The third kappa shape index (κ3) is 4.09. The van der Waals surface area contributed by atoms with Gasteiger partial charge < -0.3 is 4.74 Å². The molecular formula is C18H18O2. The maximum absolute atomic E-state index is 12.0. The molecule has 2 heteroatoms. The molecule has 0 atom stereocenters. The quantitative estimate of drug-likeness (QED) is 0.573. The fourth-order valence-corrected chi connectivity index (χ4v) is 1.77. The summed E-state index contributed by atoms with van der Waals surface area (Å²) in [6.07, 6.45) is 4.39. The molecule has 0 saturated heterocycles. The van der Waals surface area contributed by atoms with Gasteiger partial charge in [0.05, 0.1) is 6.61 Å². The molecule has 2 nitrogen and oxygen atoms in total. The number of benzene rings is 2. The summed E-state index contributed by atoms with van der Waals surface area (Å²) >= 11 is 0. The van der Waals surface area contributed by atoms with Gasteiger partial charge in [0.2, 0.25) is 0 Å². The molecule has 0 aliphatic rings. The maximum atomic E-state index is 12.0. The molecular weight excluding hydrogens is 248 g/mol. The normalized spacial score (nSPS) is 10.7. The zero-order valence-electron chi connectivity index (χ0n) is 11.6. The number of hydrogen-bond acceptors (Lipinski definition) is 2. The van der Waals surface area contributed by atoms with Crippen LogP contribution in [0.5, 0.6) is 5.75 Å². The molecule has 0 unspecified atom stereocenters. The van der Waals surface area contributed by atoms with E-state index in [1.165, 1.54) is 0 Å². The predicted molar refractivity (Wildman–Crippen MR) is 82.0 cm³/mol. The highest BCUT2D eigenvalue weighted by Crippen LogP contribution is 2.13. The zero-order valence-corrected chi connectivity index (χ0v) is 11.6. The summed E-state index contributed by atoms with van der Waals surface area (Å²) in [5, 5.41) is 0. The van der Waals surface area contributed by atoms with Crippen molar-refractivity contribution in [1.82, 2.24) is 0 Å². The van der Waals surface area contributed by atoms with Crippen LogP contribution in [0.3, 0.4) is 0 Å². The van der Waals surface area contributed by atoms with E-state index in [1.807, 2.05) is 48.5 Å². The van der Waals surface area contributed by atoms with Gasteiger partial charge in [-0.25, -0.2) is 0 Å². The number of hydrogen-bond donors (Lipinski definition) is 0. The summed E-state index contributed by atoms with van der Waals surface area (Å²) in [6.45, 7) is 2.76. The van der Waals surface area contributed by atoms with Crippen LogP contribution >= 0.6 is 0 Å². The second-order valence-electron chi connectivity index (χ2n) is 4.48. The van der Waals surface area contributed by atoms with Crippen LogP contribution in [-0.2, 0) is 0 Å². The lowest BCUT2D eigenvalue weighted by molar-refractivity contribution is 0.104. The van der Waals surface area contributed by atoms with Crippen LogP contribution in [0.1, 0.15) is 29.3 Å². The summed E-state index contributed by atoms with van der Waals surface area (Å²) in [6, 6.07) is 17.0. The minimum absolute atomic E-state index is 0.00380. The van der Waals surface area contributed by atoms with E-state index in [2.05, 4.69) is 6.92 Å². The van der Waals surface area contributed by atoms with Crippen molar-refractivity contribution in [3.63, 3.8) is 0 Å². The molecule has 0 aliphatic heterocycles. The Hall–Kier alpha value is -2.35. The van der Waals surface area contributed by atoms with Gasteiger partial charge in [-0.2, -0.15) is 0 Å². The van der Waals surface area contributed by atoms with E-state index in [4.69, 9.17) is 4.74 Å². The number of allylic oxidation sites excluding steroid dienone is 1. The average molecular weight is 266 g/mol. The first kappa shape index (κ1) is 14.1. The smallest absolute Gasteiger partial charge is 0.185 e. The van der Waals surface area contributed by atoms with Gasteiger partial charge in [0.1, 0.15) is 5.75 Å². The molecule has 0 amide bonds. The highest BCUT2D eigenvalue weighted by Gasteiger charge is 2.02. The Kier molecular flexibility index (Phi) is 5.13. The molecule has 0 fully saturated rings. The van der Waals surface area contributed by atoms with E-state index in [0.717, 1.165) is 17.7 Å². The number of carbonyl (C=O) groups excluding carboxylic acids is 1. The Morgan fingerprint density at radius 3 is 2.40 bits per heavy atom. The monoisotopic (exact) mass is 266 g/mol. The number of ketones is 1. The van der Waals surface area contributed by atoms with E-state index in [9.17, 15) is 4.79 Å². The van der Waals surface area contributed by atoms with Gasteiger partial charge in [0.15, 0.2) is 5.78 Å². The first-order valence-electron chi connectivity index (χ1n) is 6.80. The van der Waals surface area contributed by atoms with E-state index in [1.54, 1.807) is 18.2 Å². The van der Waals surface area contributed by atoms with Crippen LogP contribution in [0.25, 0.3) is 6.08 Å².